The van der Waals surface area contributed by atoms with E-state index in [0.29, 0.717) is 0 Å². The zero-order valence-electron chi connectivity index (χ0n) is 9.95. The Morgan fingerprint density at radius 3 is 2.59 bits per heavy atom. The van der Waals surface area contributed by atoms with Gasteiger partial charge in [0, 0.05) is 3.57 Å². The number of allylic oxidation sites excluding steroid dienone is 1. The highest BCUT2D eigenvalue weighted by Crippen LogP contribution is 2.28. The second-order valence-corrected chi connectivity index (χ2v) is 5.78. The molecule has 3 heteroatoms. The highest BCUT2D eigenvalue weighted by atomic mass is 127. The summed E-state index contributed by atoms with van der Waals surface area (Å²) < 4.78 is 1.26. The van der Waals surface area contributed by atoms with Gasteiger partial charge < -0.3 is 0 Å². The average Bonchev–Trinajstić information content (AvgIpc) is 2.62. The van der Waals surface area contributed by atoms with Gasteiger partial charge in [0.15, 0.2) is 0 Å². The van der Waals surface area contributed by atoms with E-state index in [1.165, 1.54) is 46.8 Å². The lowest BCUT2D eigenvalue weighted by Crippen LogP contribution is -2.29. The van der Waals surface area contributed by atoms with Crippen LogP contribution in [0.25, 0.3) is 0 Å². The zero-order valence-corrected chi connectivity index (χ0v) is 12.1. The second kappa shape index (κ2) is 6.52. The van der Waals surface area contributed by atoms with Crippen LogP contribution in [-0.4, -0.2) is 0 Å². The van der Waals surface area contributed by atoms with Crippen molar-refractivity contribution in [2.75, 3.05) is 0 Å². The van der Waals surface area contributed by atoms with E-state index in [4.69, 9.17) is 5.84 Å². The first kappa shape index (κ1) is 13.1. The Kier molecular flexibility index (Phi) is 5.00. The molecule has 1 unspecified atom stereocenters. The number of hydrazine groups is 1. The fourth-order valence-electron chi connectivity index (χ4n) is 2.37. The van der Waals surface area contributed by atoms with Gasteiger partial charge in [0.25, 0.3) is 0 Å². The molecule has 0 heterocycles. The fourth-order valence-corrected chi connectivity index (χ4v) is 2.73. The van der Waals surface area contributed by atoms with Crippen LogP contribution in [0.15, 0.2) is 35.9 Å². The minimum atomic E-state index is 0.185. The molecule has 0 aromatic heterocycles. The van der Waals surface area contributed by atoms with Crippen LogP contribution in [0.1, 0.15) is 43.7 Å². The van der Waals surface area contributed by atoms with Crippen LogP contribution < -0.4 is 11.3 Å². The third-order valence-corrected chi connectivity index (χ3v) is 4.04. The molecule has 92 valence electrons. The molecule has 0 aliphatic heterocycles. The van der Waals surface area contributed by atoms with Crippen molar-refractivity contribution in [3.8, 4) is 0 Å². The van der Waals surface area contributed by atoms with Crippen LogP contribution in [0.4, 0.5) is 0 Å². The lowest BCUT2D eigenvalue weighted by molar-refractivity contribution is 0.593. The molecule has 1 aliphatic rings. The second-order valence-electron chi connectivity index (χ2n) is 4.53. The van der Waals surface area contributed by atoms with E-state index in [2.05, 4.69) is 58.4 Å². The molecule has 17 heavy (non-hydrogen) atoms. The first-order chi connectivity index (χ1) is 8.31. The predicted molar refractivity (Wildman–Crippen MR) is 80.4 cm³/mol. The highest BCUT2D eigenvalue weighted by Gasteiger charge is 2.15. The zero-order chi connectivity index (χ0) is 12.1. The smallest absolute Gasteiger partial charge is 0.0670 e. The lowest BCUT2D eigenvalue weighted by atomic mass is 9.96. The van der Waals surface area contributed by atoms with Crippen molar-refractivity contribution in [3.63, 3.8) is 0 Å². The molecule has 0 amide bonds. The van der Waals surface area contributed by atoms with Gasteiger partial charge in [0.1, 0.15) is 0 Å². The fraction of sp³-hybridized carbons (Fsp3) is 0.429. The molecule has 3 N–H and O–H groups in total. The Labute approximate surface area is 117 Å². The van der Waals surface area contributed by atoms with Crippen molar-refractivity contribution in [1.82, 2.24) is 5.43 Å². The Balaban J connectivity index is 2.20. The Morgan fingerprint density at radius 1 is 1.12 bits per heavy atom. The summed E-state index contributed by atoms with van der Waals surface area (Å²) >= 11 is 2.33. The average molecular weight is 342 g/mol. The maximum Gasteiger partial charge on any atom is 0.0670 e. The van der Waals surface area contributed by atoms with Gasteiger partial charge >= 0.3 is 0 Å². The topological polar surface area (TPSA) is 38.0 Å². The third kappa shape index (κ3) is 3.53. The van der Waals surface area contributed by atoms with E-state index in [1.807, 2.05) is 0 Å². The molecule has 0 radical (unpaired) electrons. The van der Waals surface area contributed by atoms with Crippen LogP contribution in [0.2, 0.25) is 0 Å². The minimum Gasteiger partial charge on any atom is -0.271 e. The van der Waals surface area contributed by atoms with Crippen LogP contribution in [0.5, 0.6) is 0 Å². The van der Waals surface area contributed by atoms with Crippen molar-refractivity contribution in [1.29, 1.82) is 0 Å². The largest absolute Gasteiger partial charge is 0.271 e. The van der Waals surface area contributed by atoms with E-state index in [9.17, 15) is 0 Å². The van der Waals surface area contributed by atoms with E-state index in [-0.39, 0.29) is 6.04 Å². The van der Waals surface area contributed by atoms with Gasteiger partial charge in [0.2, 0.25) is 0 Å². The lowest BCUT2D eigenvalue weighted by Gasteiger charge is -2.19. The molecule has 1 aliphatic carbocycles. The van der Waals surface area contributed by atoms with Gasteiger partial charge in [-0.05, 0) is 66.0 Å². The van der Waals surface area contributed by atoms with Gasteiger partial charge in [-0.3, -0.25) is 5.84 Å². The summed E-state index contributed by atoms with van der Waals surface area (Å²) in [6.07, 6.45) is 8.67. The molecule has 1 aromatic rings. The monoisotopic (exact) mass is 342 g/mol. The summed E-state index contributed by atoms with van der Waals surface area (Å²) in [7, 11) is 0. The summed E-state index contributed by atoms with van der Waals surface area (Å²) in [5.41, 5.74) is 5.68. The number of hydrogen-bond acceptors (Lipinski definition) is 2. The molecule has 0 saturated carbocycles. The van der Waals surface area contributed by atoms with Crippen LogP contribution in [0, 0.1) is 3.57 Å². The highest BCUT2D eigenvalue weighted by molar-refractivity contribution is 14.1. The molecule has 1 atom stereocenters. The van der Waals surface area contributed by atoms with Crippen LogP contribution >= 0.6 is 22.6 Å². The SMILES string of the molecule is NNC(C1=CCCCCC1)c1ccc(I)cc1. The Morgan fingerprint density at radius 2 is 1.88 bits per heavy atom. The quantitative estimate of drug-likeness (QED) is 0.381. The van der Waals surface area contributed by atoms with Gasteiger partial charge in [-0.15, -0.1) is 0 Å². The van der Waals surface area contributed by atoms with Crippen LogP contribution in [-0.2, 0) is 0 Å². The molecule has 0 bridgehead atoms. The number of nitrogens with one attached hydrogen (secondary N) is 1. The maximum atomic E-state index is 5.73. The summed E-state index contributed by atoms with van der Waals surface area (Å²) in [6.45, 7) is 0. The molecule has 0 saturated heterocycles. The first-order valence-corrected chi connectivity index (χ1v) is 7.29. The molecule has 2 rings (SSSR count). The molecule has 0 spiro atoms. The van der Waals surface area contributed by atoms with E-state index >= 15 is 0 Å². The van der Waals surface area contributed by atoms with Crippen molar-refractivity contribution in [2.24, 2.45) is 5.84 Å². The molecular weight excluding hydrogens is 323 g/mol. The van der Waals surface area contributed by atoms with E-state index in [1.54, 1.807) is 0 Å². The van der Waals surface area contributed by atoms with Gasteiger partial charge in [0.05, 0.1) is 6.04 Å². The number of hydrogen-bond donors (Lipinski definition) is 2. The van der Waals surface area contributed by atoms with Crippen molar-refractivity contribution in [3.05, 3.63) is 45.0 Å². The number of nitrogens with two attached hydrogens (primary N) is 1. The maximum absolute atomic E-state index is 5.73. The summed E-state index contributed by atoms with van der Waals surface area (Å²) in [6, 6.07) is 8.79. The van der Waals surface area contributed by atoms with Crippen LogP contribution in [0.3, 0.4) is 0 Å². The standard InChI is InChI=1S/C14H19IN2/c15-13-9-7-12(8-10-13)14(17-16)11-5-3-1-2-4-6-11/h5,7-10,14,17H,1-4,6,16H2. The molecule has 0 fully saturated rings. The number of rotatable bonds is 3. The molecule has 1 aromatic carbocycles. The normalized spacial score (nSPS) is 18.4. The Bertz CT molecular complexity index is 384. The first-order valence-electron chi connectivity index (χ1n) is 6.22. The number of benzene rings is 1. The van der Waals surface area contributed by atoms with Crippen molar-refractivity contribution in [2.45, 2.75) is 38.1 Å². The minimum absolute atomic E-state index is 0.185. The van der Waals surface area contributed by atoms with Crippen molar-refractivity contribution >= 4 is 22.6 Å². The summed E-state index contributed by atoms with van der Waals surface area (Å²) in [4.78, 5) is 0. The van der Waals surface area contributed by atoms with Crippen molar-refractivity contribution < 1.29 is 0 Å². The summed E-state index contributed by atoms with van der Waals surface area (Å²) in [5.74, 6) is 5.73. The van der Waals surface area contributed by atoms with E-state index < -0.39 is 0 Å². The van der Waals surface area contributed by atoms with Gasteiger partial charge in [-0.1, -0.05) is 30.2 Å². The summed E-state index contributed by atoms with van der Waals surface area (Å²) in [5, 5.41) is 0. The van der Waals surface area contributed by atoms with E-state index in [0.717, 1.165) is 0 Å². The molecular formula is C14H19IN2. The third-order valence-electron chi connectivity index (χ3n) is 3.32. The van der Waals surface area contributed by atoms with Gasteiger partial charge in [-0.25, -0.2) is 5.43 Å². The van der Waals surface area contributed by atoms with Gasteiger partial charge in [-0.2, -0.15) is 0 Å². The number of halogens is 1. The molecule has 2 nitrogen and oxygen atoms in total. The predicted octanol–water partition coefficient (Wildman–Crippen LogP) is 3.69. The Hall–Kier alpha value is -0.390.